The van der Waals surface area contributed by atoms with Gasteiger partial charge < -0.3 is 10.0 Å². The van der Waals surface area contributed by atoms with Gasteiger partial charge in [0.15, 0.2) is 0 Å². The molecule has 1 aliphatic carbocycles. The molecule has 1 fully saturated rings. The van der Waals surface area contributed by atoms with Crippen molar-refractivity contribution in [2.45, 2.75) is 64.3 Å². The van der Waals surface area contributed by atoms with Crippen LogP contribution in [0.15, 0.2) is 12.1 Å². The molecule has 5 nitrogen and oxygen atoms in total. The molecule has 0 aromatic carbocycles. The van der Waals surface area contributed by atoms with Crippen LogP contribution in [-0.4, -0.2) is 54.0 Å². The second-order valence-corrected chi connectivity index (χ2v) is 8.70. The monoisotopic (exact) mass is 426 g/mol. The van der Waals surface area contributed by atoms with E-state index in [-0.39, 0.29) is 29.8 Å². The summed E-state index contributed by atoms with van der Waals surface area (Å²) in [5, 5.41) is 9.78. The van der Waals surface area contributed by atoms with Crippen molar-refractivity contribution in [1.82, 2.24) is 4.90 Å². The van der Waals surface area contributed by atoms with Crippen LogP contribution in [-0.2, 0) is 4.79 Å². The van der Waals surface area contributed by atoms with Crippen molar-refractivity contribution in [1.29, 1.82) is 0 Å². The molecule has 1 aromatic rings. The summed E-state index contributed by atoms with van der Waals surface area (Å²) in [5.74, 6) is -1.15. The van der Waals surface area contributed by atoms with Crippen LogP contribution in [0, 0.1) is 0 Å². The number of anilines is 1. The number of alkyl halides is 2. The lowest BCUT2D eigenvalue weighted by Gasteiger charge is -2.38. The average Bonchev–Trinajstić information content (AvgIpc) is 3.15. The fourth-order valence-electron chi connectivity index (χ4n) is 4.19. The molecule has 0 bridgehead atoms. The number of nitrogens with zero attached hydrogens (tertiary/aromatic N) is 2. The van der Waals surface area contributed by atoms with Crippen LogP contribution in [0.2, 0.25) is 0 Å². The number of carboxylic acid groups (broad SMARTS) is 1. The highest BCUT2D eigenvalue weighted by molar-refractivity contribution is 7.15. The summed E-state index contributed by atoms with van der Waals surface area (Å²) in [5.41, 5.74) is 1.62. The molecular weight excluding hydrogens is 398 g/mol. The second kappa shape index (κ2) is 9.80. The lowest BCUT2D eigenvalue weighted by atomic mass is 9.98. The summed E-state index contributed by atoms with van der Waals surface area (Å²) in [4.78, 5) is 29.2. The Labute approximate surface area is 174 Å². The van der Waals surface area contributed by atoms with E-state index in [1.807, 2.05) is 6.07 Å². The predicted molar refractivity (Wildman–Crippen MR) is 111 cm³/mol. The zero-order valence-electron chi connectivity index (χ0n) is 16.7. The number of carbonyl (C=O) groups excluding carboxylic acids is 1. The zero-order chi connectivity index (χ0) is 21.0. The number of halogens is 2. The summed E-state index contributed by atoms with van der Waals surface area (Å²) in [7, 11) is 0. The van der Waals surface area contributed by atoms with Crippen molar-refractivity contribution in [3.8, 4) is 0 Å². The molecule has 29 heavy (non-hydrogen) atoms. The molecule has 1 N–H and O–H groups in total. The van der Waals surface area contributed by atoms with E-state index < -0.39 is 12.4 Å². The molecule has 2 aliphatic rings. The van der Waals surface area contributed by atoms with Gasteiger partial charge in [-0.25, -0.2) is 13.6 Å². The van der Waals surface area contributed by atoms with Gasteiger partial charge in [-0.1, -0.05) is 13.0 Å². The van der Waals surface area contributed by atoms with Gasteiger partial charge in [0.25, 0.3) is 6.43 Å². The first-order valence-corrected chi connectivity index (χ1v) is 11.1. The summed E-state index contributed by atoms with van der Waals surface area (Å²) in [6.45, 7) is 2.46. The molecule has 1 amide bonds. The highest BCUT2D eigenvalue weighted by atomic mass is 32.1. The van der Waals surface area contributed by atoms with Gasteiger partial charge >= 0.3 is 5.97 Å². The third-order valence-corrected chi connectivity index (χ3v) is 6.85. The molecule has 0 spiro atoms. The van der Waals surface area contributed by atoms with Crippen LogP contribution in [0.1, 0.15) is 66.4 Å². The summed E-state index contributed by atoms with van der Waals surface area (Å²) >= 11 is 1.23. The summed E-state index contributed by atoms with van der Waals surface area (Å²) in [6.07, 6.45) is 5.33. The Morgan fingerprint density at radius 1 is 1.31 bits per heavy atom. The second-order valence-electron chi connectivity index (χ2n) is 7.65. The van der Waals surface area contributed by atoms with E-state index in [9.17, 15) is 23.5 Å². The van der Waals surface area contributed by atoms with E-state index >= 15 is 0 Å². The maximum atomic E-state index is 12.8. The number of hydrogen-bond donors (Lipinski definition) is 1. The smallest absolute Gasteiger partial charge is 0.348 e. The number of likely N-dealkylation sites (tertiary alicyclic amines) is 1. The summed E-state index contributed by atoms with van der Waals surface area (Å²) in [6, 6.07) is 1.68. The van der Waals surface area contributed by atoms with Crippen molar-refractivity contribution in [3.63, 3.8) is 0 Å². The topological polar surface area (TPSA) is 60.9 Å². The van der Waals surface area contributed by atoms with Crippen LogP contribution >= 0.6 is 11.3 Å². The maximum Gasteiger partial charge on any atom is 0.348 e. The first-order chi connectivity index (χ1) is 13.9. The van der Waals surface area contributed by atoms with Gasteiger partial charge in [-0.15, -0.1) is 11.3 Å². The number of piperidine rings is 1. The first-order valence-electron chi connectivity index (χ1n) is 10.3. The van der Waals surface area contributed by atoms with E-state index in [1.165, 1.54) is 11.3 Å². The molecule has 160 valence electrons. The lowest BCUT2D eigenvalue weighted by molar-refractivity contribution is -0.119. The zero-order valence-corrected chi connectivity index (χ0v) is 17.5. The first kappa shape index (κ1) is 21.9. The third-order valence-electron chi connectivity index (χ3n) is 5.66. The number of carboxylic acids is 1. The van der Waals surface area contributed by atoms with Gasteiger partial charge in [-0.2, -0.15) is 0 Å². The highest BCUT2D eigenvalue weighted by Gasteiger charge is 2.33. The molecule has 1 aliphatic heterocycles. The predicted octanol–water partition coefficient (Wildman–Crippen LogP) is 4.88. The van der Waals surface area contributed by atoms with Crippen molar-refractivity contribution < 1.29 is 23.5 Å². The van der Waals surface area contributed by atoms with Crippen LogP contribution in [0.5, 0.6) is 0 Å². The molecule has 2 heterocycles. The Bertz CT molecular complexity index is 770. The minimum atomic E-state index is -2.37. The minimum Gasteiger partial charge on any atom is -0.477 e. The minimum absolute atomic E-state index is 0.123. The molecule has 1 saturated heterocycles. The van der Waals surface area contributed by atoms with E-state index in [2.05, 4.69) is 6.08 Å². The number of allylic oxidation sites excluding steroid dienone is 2. The molecule has 1 aromatic heterocycles. The normalized spacial score (nSPS) is 18.7. The van der Waals surface area contributed by atoms with Crippen molar-refractivity contribution >= 4 is 34.5 Å². The van der Waals surface area contributed by atoms with Crippen LogP contribution in [0.4, 0.5) is 14.5 Å². The van der Waals surface area contributed by atoms with Gasteiger partial charge in [-0.3, -0.25) is 9.69 Å². The highest BCUT2D eigenvalue weighted by Crippen LogP contribution is 2.39. The van der Waals surface area contributed by atoms with E-state index in [0.29, 0.717) is 31.6 Å². The number of thiophene rings is 1. The van der Waals surface area contributed by atoms with Gasteiger partial charge in [-0.05, 0) is 50.2 Å². The quantitative estimate of drug-likeness (QED) is 0.675. The maximum absolute atomic E-state index is 12.8. The molecule has 0 unspecified atom stereocenters. The lowest BCUT2D eigenvalue weighted by Crippen LogP contribution is -2.48. The van der Waals surface area contributed by atoms with Crippen LogP contribution in [0.25, 0.3) is 5.57 Å². The van der Waals surface area contributed by atoms with Crippen molar-refractivity contribution in [3.05, 3.63) is 21.9 Å². The number of hydrogen-bond acceptors (Lipinski definition) is 4. The standard InChI is InChI=1S/C21H28F2N2O3S/c1-2-19(26)25(15-8-10-24(11-9-15)13-18(22)23)16-12-17(29-20(16)21(27)28)14-6-4-3-5-7-14/h6,12,15,18H,2-5,7-11,13H2,1H3,(H,27,28). The molecule has 0 atom stereocenters. The number of amides is 1. The Balaban J connectivity index is 1.89. The summed E-state index contributed by atoms with van der Waals surface area (Å²) < 4.78 is 25.3. The van der Waals surface area contributed by atoms with Crippen molar-refractivity contribution in [2.24, 2.45) is 0 Å². The SMILES string of the molecule is CCC(=O)N(c1cc(C2=CCCCC2)sc1C(=O)O)C1CCN(CC(F)F)CC1. The largest absolute Gasteiger partial charge is 0.477 e. The Morgan fingerprint density at radius 2 is 2.03 bits per heavy atom. The molecule has 0 radical (unpaired) electrons. The van der Waals surface area contributed by atoms with Gasteiger partial charge in [0, 0.05) is 30.4 Å². The van der Waals surface area contributed by atoms with Gasteiger partial charge in [0.05, 0.1) is 12.2 Å². The third kappa shape index (κ3) is 5.22. The van der Waals surface area contributed by atoms with Crippen LogP contribution < -0.4 is 4.90 Å². The molecule has 8 heteroatoms. The fraction of sp³-hybridized carbons (Fsp3) is 0.619. The van der Waals surface area contributed by atoms with E-state index in [1.54, 1.807) is 16.7 Å². The average molecular weight is 427 g/mol. The number of rotatable bonds is 7. The van der Waals surface area contributed by atoms with Gasteiger partial charge in [0.1, 0.15) is 4.88 Å². The molecule has 0 saturated carbocycles. The van der Waals surface area contributed by atoms with Crippen molar-refractivity contribution in [2.75, 3.05) is 24.5 Å². The molecule has 3 rings (SSSR count). The Morgan fingerprint density at radius 3 is 2.59 bits per heavy atom. The fourth-order valence-corrected chi connectivity index (χ4v) is 5.25. The number of carbonyl (C=O) groups is 2. The Kier molecular flexibility index (Phi) is 7.40. The molecular formula is C21H28F2N2O3S. The van der Waals surface area contributed by atoms with Crippen LogP contribution in [0.3, 0.4) is 0 Å². The number of aromatic carboxylic acids is 1. The van der Waals surface area contributed by atoms with E-state index in [0.717, 1.165) is 36.1 Å². The van der Waals surface area contributed by atoms with Gasteiger partial charge in [0.2, 0.25) is 5.91 Å². The van der Waals surface area contributed by atoms with E-state index in [4.69, 9.17) is 0 Å². The Hall–Kier alpha value is -1.80.